The number of benzene rings is 1. The van der Waals surface area contributed by atoms with E-state index in [0.29, 0.717) is 30.5 Å². The lowest BCUT2D eigenvalue weighted by Crippen LogP contribution is -2.26. The van der Waals surface area contributed by atoms with Gasteiger partial charge in [0, 0.05) is 18.7 Å². The van der Waals surface area contributed by atoms with Crippen molar-refractivity contribution in [1.82, 2.24) is 10.0 Å². The highest BCUT2D eigenvalue weighted by molar-refractivity contribution is 7.89. The second-order valence-corrected chi connectivity index (χ2v) is 7.21. The summed E-state index contributed by atoms with van der Waals surface area (Å²) in [5, 5.41) is 3.04. The van der Waals surface area contributed by atoms with Crippen molar-refractivity contribution in [2.24, 2.45) is 5.92 Å². The highest BCUT2D eigenvalue weighted by atomic mass is 32.2. The Kier molecular flexibility index (Phi) is 5.61. The Morgan fingerprint density at radius 3 is 2.71 bits per heavy atom. The van der Waals surface area contributed by atoms with Gasteiger partial charge in [-0.2, -0.15) is 0 Å². The molecule has 1 fully saturated rings. The molecule has 0 amide bonds. The molecule has 1 aliphatic carbocycles. The average Bonchev–Trinajstić information content (AvgIpc) is 3.28. The largest absolute Gasteiger partial charge is 0.493 e. The molecule has 0 saturated heterocycles. The summed E-state index contributed by atoms with van der Waals surface area (Å²) in [6.45, 7) is 3.78. The van der Waals surface area contributed by atoms with E-state index in [1.165, 1.54) is 0 Å². The second kappa shape index (κ2) is 7.24. The maximum absolute atomic E-state index is 12.3. The molecule has 0 unspecified atom stereocenters. The molecule has 1 saturated carbocycles. The SMILES string of the molecule is CCCOc1ccc(S(=O)(=O)NCC2CC2)cc1CNC. The Morgan fingerprint density at radius 1 is 1.33 bits per heavy atom. The molecule has 0 spiro atoms. The third-order valence-electron chi connectivity index (χ3n) is 3.43. The first-order valence-electron chi connectivity index (χ1n) is 7.46. The number of sulfonamides is 1. The van der Waals surface area contributed by atoms with Crippen molar-refractivity contribution in [3.63, 3.8) is 0 Å². The zero-order chi connectivity index (χ0) is 15.3. The second-order valence-electron chi connectivity index (χ2n) is 5.44. The Balaban J connectivity index is 2.16. The monoisotopic (exact) mass is 312 g/mol. The summed E-state index contributed by atoms with van der Waals surface area (Å²) in [5.74, 6) is 1.26. The summed E-state index contributed by atoms with van der Waals surface area (Å²) in [7, 11) is -1.60. The minimum absolute atomic E-state index is 0.303. The fourth-order valence-corrected chi connectivity index (χ4v) is 3.20. The number of hydrogen-bond acceptors (Lipinski definition) is 4. The van der Waals surface area contributed by atoms with Gasteiger partial charge in [0.1, 0.15) is 5.75 Å². The first-order chi connectivity index (χ1) is 10.1. The van der Waals surface area contributed by atoms with Crippen LogP contribution in [-0.4, -0.2) is 28.6 Å². The molecule has 1 aromatic rings. The van der Waals surface area contributed by atoms with Gasteiger partial charge in [-0.25, -0.2) is 13.1 Å². The Morgan fingerprint density at radius 2 is 2.10 bits per heavy atom. The van der Waals surface area contributed by atoms with E-state index in [1.807, 2.05) is 14.0 Å². The molecular weight excluding hydrogens is 288 g/mol. The first-order valence-corrected chi connectivity index (χ1v) is 8.95. The normalized spacial score (nSPS) is 15.1. The average molecular weight is 312 g/mol. The molecule has 0 heterocycles. The van der Waals surface area contributed by atoms with E-state index in [-0.39, 0.29) is 0 Å². The third kappa shape index (κ3) is 4.69. The van der Waals surface area contributed by atoms with Gasteiger partial charge in [-0.15, -0.1) is 0 Å². The van der Waals surface area contributed by atoms with Crippen molar-refractivity contribution in [3.05, 3.63) is 23.8 Å². The molecule has 118 valence electrons. The molecule has 1 aromatic carbocycles. The van der Waals surface area contributed by atoms with E-state index in [4.69, 9.17) is 4.74 Å². The summed E-state index contributed by atoms with van der Waals surface area (Å²) < 4.78 is 32.9. The molecule has 6 heteroatoms. The molecule has 2 N–H and O–H groups in total. The van der Waals surface area contributed by atoms with Crippen molar-refractivity contribution >= 4 is 10.0 Å². The Labute approximate surface area is 127 Å². The van der Waals surface area contributed by atoms with Crippen LogP contribution in [0, 0.1) is 5.92 Å². The summed E-state index contributed by atoms with van der Waals surface area (Å²) in [4.78, 5) is 0.303. The smallest absolute Gasteiger partial charge is 0.240 e. The molecule has 0 aliphatic heterocycles. The summed E-state index contributed by atoms with van der Waals surface area (Å²) >= 11 is 0. The van der Waals surface area contributed by atoms with Crippen LogP contribution in [0.2, 0.25) is 0 Å². The first kappa shape index (κ1) is 16.3. The molecule has 5 nitrogen and oxygen atoms in total. The zero-order valence-corrected chi connectivity index (χ0v) is 13.5. The van der Waals surface area contributed by atoms with Crippen molar-refractivity contribution in [1.29, 1.82) is 0 Å². The Bertz CT molecular complexity index is 568. The molecule has 0 aromatic heterocycles. The van der Waals surface area contributed by atoms with Gasteiger partial charge >= 0.3 is 0 Å². The van der Waals surface area contributed by atoms with Crippen LogP contribution in [0.15, 0.2) is 23.1 Å². The predicted octanol–water partition coefficient (Wildman–Crippen LogP) is 1.88. The van der Waals surface area contributed by atoms with Crippen molar-refractivity contribution in [2.45, 2.75) is 37.6 Å². The van der Waals surface area contributed by atoms with E-state index in [0.717, 1.165) is 30.6 Å². The molecule has 1 aliphatic rings. The zero-order valence-electron chi connectivity index (χ0n) is 12.7. The molecule has 0 bridgehead atoms. The van der Waals surface area contributed by atoms with Crippen LogP contribution in [0.4, 0.5) is 0 Å². The van der Waals surface area contributed by atoms with E-state index < -0.39 is 10.0 Å². The quantitative estimate of drug-likeness (QED) is 0.730. The lowest BCUT2D eigenvalue weighted by Gasteiger charge is -2.13. The topological polar surface area (TPSA) is 67.4 Å². The fraction of sp³-hybridized carbons (Fsp3) is 0.600. The number of ether oxygens (including phenoxy) is 1. The molecule has 0 radical (unpaired) electrons. The number of rotatable bonds is 9. The molecule has 0 atom stereocenters. The lowest BCUT2D eigenvalue weighted by atomic mass is 10.2. The minimum Gasteiger partial charge on any atom is -0.493 e. The van der Waals surface area contributed by atoms with Gasteiger partial charge < -0.3 is 10.1 Å². The number of nitrogens with one attached hydrogen (secondary N) is 2. The minimum atomic E-state index is -3.43. The van der Waals surface area contributed by atoms with Crippen LogP contribution in [0.25, 0.3) is 0 Å². The van der Waals surface area contributed by atoms with Gasteiger partial charge in [-0.1, -0.05) is 6.92 Å². The molecule has 2 rings (SSSR count). The Hall–Kier alpha value is -1.11. The fourth-order valence-electron chi connectivity index (χ4n) is 2.04. The van der Waals surface area contributed by atoms with E-state index >= 15 is 0 Å². The van der Waals surface area contributed by atoms with Gasteiger partial charge in [0.15, 0.2) is 0 Å². The van der Waals surface area contributed by atoms with Gasteiger partial charge in [-0.3, -0.25) is 0 Å². The van der Waals surface area contributed by atoms with Crippen LogP contribution in [-0.2, 0) is 16.6 Å². The maximum Gasteiger partial charge on any atom is 0.240 e. The summed E-state index contributed by atoms with van der Waals surface area (Å²) in [6.07, 6.45) is 3.16. The van der Waals surface area contributed by atoms with E-state index in [9.17, 15) is 8.42 Å². The van der Waals surface area contributed by atoms with Crippen LogP contribution >= 0.6 is 0 Å². The predicted molar refractivity (Wildman–Crippen MR) is 82.9 cm³/mol. The molecular formula is C15H24N2O3S. The third-order valence-corrected chi connectivity index (χ3v) is 4.85. The maximum atomic E-state index is 12.3. The van der Waals surface area contributed by atoms with Crippen molar-refractivity contribution in [2.75, 3.05) is 20.2 Å². The van der Waals surface area contributed by atoms with E-state index in [2.05, 4.69) is 10.0 Å². The van der Waals surface area contributed by atoms with Crippen LogP contribution < -0.4 is 14.8 Å². The van der Waals surface area contributed by atoms with Crippen LogP contribution in [0.1, 0.15) is 31.7 Å². The summed E-state index contributed by atoms with van der Waals surface area (Å²) in [5.41, 5.74) is 0.861. The highest BCUT2D eigenvalue weighted by Crippen LogP contribution is 2.28. The van der Waals surface area contributed by atoms with Gasteiger partial charge in [0.05, 0.1) is 11.5 Å². The van der Waals surface area contributed by atoms with Crippen LogP contribution in [0.3, 0.4) is 0 Å². The van der Waals surface area contributed by atoms with Crippen molar-refractivity contribution in [3.8, 4) is 5.75 Å². The highest BCUT2D eigenvalue weighted by Gasteiger charge is 2.24. The van der Waals surface area contributed by atoms with Crippen LogP contribution in [0.5, 0.6) is 5.75 Å². The molecule has 21 heavy (non-hydrogen) atoms. The van der Waals surface area contributed by atoms with Crippen molar-refractivity contribution < 1.29 is 13.2 Å². The summed E-state index contributed by atoms with van der Waals surface area (Å²) in [6, 6.07) is 5.05. The van der Waals surface area contributed by atoms with E-state index in [1.54, 1.807) is 18.2 Å². The van der Waals surface area contributed by atoms with Gasteiger partial charge in [0.25, 0.3) is 0 Å². The lowest BCUT2D eigenvalue weighted by molar-refractivity contribution is 0.313. The van der Waals surface area contributed by atoms with Gasteiger partial charge in [0.2, 0.25) is 10.0 Å². The number of hydrogen-bond donors (Lipinski definition) is 2. The van der Waals surface area contributed by atoms with Gasteiger partial charge in [-0.05, 0) is 50.4 Å². The standard InChI is InChI=1S/C15H24N2O3S/c1-3-8-20-15-7-6-14(9-13(15)11-16-2)21(18,19)17-10-12-4-5-12/h6-7,9,12,16-17H,3-5,8,10-11H2,1-2H3.